The lowest BCUT2D eigenvalue weighted by Crippen LogP contribution is -2.40. The number of H-pyrrole nitrogens is 1. The number of nitrogens with one attached hydrogen (secondary N) is 2. The van der Waals surface area contributed by atoms with Crippen LogP contribution in [0.3, 0.4) is 0 Å². The highest BCUT2D eigenvalue weighted by Crippen LogP contribution is 2.20. The lowest BCUT2D eigenvalue weighted by molar-refractivity contribution is 0.121. The molecule has 2 N–H and O–H groups in total. The number of hydrogen-bond acceptors (Lipinski definition) is 8. The average molecular weight is 409 g/mol. The quantitative estimate of drug-likeness (QED) is 0.636. The number of rotatable bonds is 6. The molecule has 1 aromatic carbocycles. The van der Waals surface area contributed by atoms with Crippen molar-refractivity contribution in [2.45, 2.75) is 6.42 Å². The minimum absolute atomic E-state index is 0.618. The predicted molar refractivity (Wildman–Crippen MR) is 116 cm³/mol. The number of aromatic nitrogens is 4. The van der Waals surface area contributed by atoms with Gasteiger partial charge in [-0.25, -0.2) is 0 Å². The van der Waals surface area contributed by atoms with Crippen LogP contribution in [0.5, 0.6) is 0 Å². The second-order valence-electron chi connectivity index (χ2n) is 7.49. The Kier molecular flexibility index (Phi) is 5.62. The topological polar surface area (TPSA) is 91.4 Å². The van der Waals surface area contributed by atoms with Crippen molar-refractivity contribution in [3.63, 3.8) is 0 Å². The van der Waals surface area contributed by atoms with Gasteiger partial charge >= 0.3 is 0 Å². The van der Waals surface area contributed by atoms with Crippen LogP contribution in [-0.4, -0.2) is 79.1 Å². The van der Waals surface area contributed by atoms with Gasteiger partial charge in [-0.15, -0.1) is 0 Å². The van der Waals surface area contributed by atoms with Gasteiger partial charge in [0.25, 0.3) is 0 Å². The number of hydrogen-bond donors (Lipinski definition) is 2. The van der Waals surface area contributed by atoms with Gasteiger partial charge < -0.3 is 29.6 Å². The molecule has 0 atom stereocenters. The third-order valence-corrected chi connectivity index (χ3v) is 5.55. The van der Waals surface area contributed by atoms with Gasteiger partial charge in [0.05, 0.1) is 26.4 Å². The Bertz CT molecular complexity index is 944. The number of nitrogens with zero attached hydrogens (tertiary/aromatic N) is 5. The zero-order valence-corrected chi connectivity index (χ0v) is 17.0. The number of anilines is 3. The summed E-state index contributed by atoms with van der Waals surface area (Å²) in [6.45, 7) is 6.70. The maximum atomic E-state index is 5.48. The molecule has 5 rings (SSSR count). The van der Waals surface area contributed by atoms with E-state index in [0.717, 1.165) is 44.7 Å². The highest BCUT2D eigenvalue weighted by molar-refractivity contribution is 5.83. The molecule has 2 aliphatic rings. The predicted octanol–water partition coefficient (Wildman–Crippen LogP) is 1.68. The zero-order chi connectivity index (χ0) is 20.2. The molecule has 3 aromatic rings. The van der Waals surface area contributed by atoms with Crippen molar-refractivity contribution in [2.24, 2.45) is 0 Å². The number of benzene rings is 1. The first-order valence-corrected chi connectivity index (χ1v) is 10.6. The van der Waals surface area contributed by atoms with Crippen LogP contribution in [-0.2, 0) is 15.9 Å². The molecule has 0 saturated carbocycles. The molecule has 0 radical (unpaired) electrons. The first-order valence-electron chi connectivity index (χ1n) is 10.6. The largest absolute Gasteiger partial charge is 0.378 e. The summed E-state index contributed by atoms with van der Waals surface area (Å²) < 4.78 is 11.0. The molecule has 158 valence electrons. The highest BCUT2D eigenvalue weighted by Gasteiger charge is 2.20. The van der Waals surface area contributed by atoms with E-state index in [1.165, 1.54) is 10.9 Å². The van der Waals surface area contributed by atoms with Gasteiger partial charge in [-0.05, 0) is 18.1 Å². The zero-order valence-electron chi connectivity index (χ0n) is 17.0. The molecule has 2 aliphatic heterocycles. The molecule has 0 spiro atoms. The summed E-state index contributed by atoms with van der Waals surface area (Å²) >= 11 is 0. The molecular weight excluding hydrogens is 382 g/mol. The number of fused-ring (bicyclic) bond motifs is 1. The molecule has 2 saturated heterocycles. The fourth-order valence-electron chi connectivity index (χ4n) is 3.89. The second-order valence-corrected chi connectivity index (χ2v) is 7.49. The Morgan fingerprint density at radius 2 is 1.50 bits per heavy atom. The van der Waals surface area contributed by atoms with E-state index in [0.29, 0.717) is 44.3 Å². The summed E-state index contributed by atoms with van der Waals surface area (Å²) in [7, 11) is 0. The molecule has 30 heavy (non-hydrogen) atoms. The second kappa shape index (κ2) is 8.85. The van der Waals surface area contributed by atoms with Crippen LogP contribution < -0.4 is 15.1 Å². The summed E-state index contributed by atoms with van der Waals surface area (Å²) in [6.07, 6.45) is 2.97. The number of ether oxygens (including phenoxy) is 2. The summed E-state index contributed by atoms with van der Waals surface area (Å²) in [5.41, 5.74) is 2.45. The van der Waals surface area contributed by atoms with E-state index in [4.69, 9.17) is 24.4 Å². The van der Waals surface area contributed by atoms with Gasteiger partial charge in [-0.3, -0.25) is 0 Å². The summed E-state index contributed by atoms with van der Waals surface area (Å²) in [5, 5.41) is 4.68. The first-order chi connectivity index (χ1) is 14.9. The first kappa shape index (κ1) is 19.1. The van der Waals surface area contributed by atoms with Gasteiger partial charge in [0.15, 0.2) is 0 Å². The van der Waals surface area contributed by atoms with E-state index in [2.05, 4.69) is 44.5 Å². The molecule has 4 heterocycles. The number of morpholine rings is 2. The summed E-state index contributed by atoms with van der Waals surface area (Å²) in [4.78, 5) is 21.8. The van der Waals surface area contributed by atoms with Gasteiger partial charge in [-0.2, -0.15) is 15.0 Å². The minimum Gasteiger partial charge on any atom is -0.378 e. The van der Waals surface area contributed by atoms with Crippen LogP contribution in [0.1, 0.15) is 5.56 Å². The molecule has 0 aliphatic carbocycles. The Labute approximate surface area is 175 Å². The molecule has 2 fully saturated rings. The van der Waals surface area contributed by atoms with Gasteiger partial charge in [0.1, 0.15) is 0 Å². The van der Waals surface area contributed by atoms with Crippen molar-refractivity contribution in [3.05, 3.63) is 36.0 Å². The van der Waals surface area contributed by atoms with Gasteiger partial charge in [0.2, 0.25) is 17.8 Å². The van der Waals surface area contributed by atoms with Crippen LogP contribution in [0.4, 0.5) is 17.8 Å². The lowest BCUT2D eigenvalue weighted by Gasteiger charge is -2.30. The summed E-state index contributed by atoms with van der Waals surface area (Å²) in [6, 6.07) is 8.37. The third kappa shape index (κ3) is 4.17. The normalized spacial score (nSPS) is 17.5. The molecule has 0 amide bonds. The third-order valence-electron chi connectivity index (χ3n) is 5.55. The minimum atomic E-state index is 0.618. The maximum Gasteiger partial charge on any atom is 0.232 e. The summed E-state index contributed by atoms with van der Waals surface area (Å²) in [5.74, 6) is 2.04. The lowest BCUT2D eigenvalue weighted by atomic mass is 10.1. The molecule has 9 heteroatoms. The Morgan fingerprint density at radius 1 is 0.867 bits per heavy atom. The smallest absolute Gasteiger partial charge is 0.232 e. The van der Waals surface area contributed by atoms with Crippen LogP contribution >= 0.6 is 0 Å². The van der Waals surface area contributed by atoms with Crippen molar-refractivity contribution in [2.75, 3.05) is 74.3 Å². The fraction of sp³-hybridized carbons (Fsp3) is 0.476. The average Bonchev–Trinajstić information content (AvgIpc) is 3.23. The van der Waals surface area contributed by atoms with Crippen LogP contribution in [0, 0.1) is 0 Å². The molecule has 0 unspecified atom stereocenters. The molecular formula is C21H27N7O2. The van der Waals surface area contributed by atoms with Crippen LogP contribution in [0.2, 0.25) is 0 Å². The van der Waals surface area contributed by atoms with Crippen molar-refractivity contribution in [3.8, 4) is 0 Å². The van der Waals surface area contributed by atoms with Crippen molar-refractivity contribution in [1.82, 2.24) is 19.9 Å². The van der Waals surface area contributed by atoms with E-state index >= 15 is 0 Å². The Morgan fingerprint density at radius 3 is 2.17 bits per heavy atom. The van der Waals surface area contributed by atoms with Crippen molar-refractivity contribution < 1.29 is 9.47 Å². The number of para-hydroxylation sites is 1. The fourth-order valence-corrected chi connectivity index (χ4v) is 3.89. The highest BCUT2D eigenvalue weighted by atomic mass is 16.5. The van der Waals surface area contributed by atoms with E-state index in [1.807, 2.05) is 6.07 Å². The van der Waals surface area contributed by atoms with Crippen LogP contribution in [0.15, 0.2) is 30.5 Å². The Balaban J connectivity index is 1.33. The van der Waals surface area contributed by atoms with Gasteiger partial charge in [-0.1, -0.05) is 18.2 Å². The van der Waals surface area contributed by atoms with Gasteiger partial charge in [0, 0.05) is 49.8 Å². The van der Waals surface area contributed by atoms with Crippen molar-refractivity contribution >= 4 is 28.7 Å². The SMILES string of the molecule is c1ccc2c(CCNc3nc(N4CCOCC4)nc(N4CCOCC4)n3)c[nH]c2c1. The standard InChI is InChI=1S/C21H27N7O2/c1-2-4-18-17(3-1)16(15-23-18)5-6-22-19-24-20(27-7-11-29-12-8-27)26-21(25-19)28-9-13-30-14-10-28/h1-4,15,23H,5-14H2,(H,22,24,25,26). The van der Waals surface area contributed by atoms with E-state index in [-0.39, 0.29) is 0 Å². The molecule has 2 aromatic heterocycles. The number of aromatic amines is 1. The molecule has 0 bridgehead atoms. The van der Waals surface area contributed by atoms with E-state index in [1.54, 1.807) is 0 Å². The Hall–Kier alpha value is -2.91. The van der Waals surface area contributed by atoms with E-state index < -0.39 is 0 Å². The van der Waals surface area contributed by atoms with Crippen LogP contribution in [0.25, 0.3) is 10.9 Å². The maximum absolute atomic E-state index is 5.48. The van der Waals surface area contributed by atoms with Crippen molar-refractivity contribution in [1.29, 1.82) is 0 Å². The molecule has 9 nitrogen and oxygen atoms in total. The van der Waals surface area contributed by atoms with E-state index in [9.17, 15) is 0 Å². The monoisotopic (exact) mass is 409 g/mol.